The minimum atomic E-state index is -1.03. The van der Waals surface area contributed by atoms with Crippen molar-refractivity contribution in [3.05, 3.63) is 34.8 Å². The Hall–Kier alpha value is -1.95. The summed E-state index contributed by atoms with van der Waals surface area (Å²) in [5, 5.41) is 8.67. The Morgan fingerprint density at radius 3 is 2.79 bits per heavy atom. The van der Waals surface area contributed by atoms with Crippen LogP contribution in [0.2, 0.25) is 0 Å². The third-order valence-electron chi connectivity index (χ3n) is 2.29. The number of benzene rings is 1. The van der Waals surface area contributed by atoms with E-state index in [1.807, 2.05) is 0 Å². The molecule has 0 saturated heterocycles. The van der Waals surface area contributed by atoms with E-state index < -0.39 is 5.97 Å². The average molecular weight is 327 g/mol. The molecule has 0 amide bonds. The van der Waals surface area contributed by atoms with Crippen molar-refractivity contribution in [2.24, 2.45) is 0 Å². The van der Waals surface area contributed by atoms with E-state index in [-0.39, 0.29) is 13.4 Å². The molecule has 0 bridgehead atoms. The molecule has 1 aliphatic heterocycles. The van der Waals surface area contributed by atoms with Gasteiger partial charge in [0.15, 0.2) is 11.5 Å². The molecule has 2 rings (SSSR count). The van der Waals surface area contributed by atoms with Crippen LogP contribution in [0.25, 0.3) is 6.08 Å². The highest BCUT2D eigenvalue weighted by Crippen LogP contribution is 2.38. The monoisotopic (exact) mass is 326 g/mol. The van der Waals surface area contributed by atoms with Crippen LogP contribution >= 0.6 is 15.9 Å². The number of hydrogen-bond donors (Lipinski definition) is 1. The molecule has 0 fully saturated rings. The lowest BCUT2D eigenvalue weighted by atomic mass is 10.1. The summed E-state index contributed by atoms with van der Waals surface area (Å²) in [4.78, 5) is 10.6. The second-order valence-electron chi connectivity index (χ2n) is 3.72. The van der Waals surface area contributed by atoms with Gasteiger partial charge in [-0.3, -0.25) is 0 Å². The van der Waals surface area contributed by atoms with Crippen LogP contribution in [0.1, 0.15) is 5.56 Å². The number of carboxylic acids is 1. The smallest absolute Gasteiger partial charge is 0.328 e. The number of aliphatic carboxylic acids is 1. The fraction of sp³-hybridized carbons (Fsp3) is 0.154. The molecule has 1 N–H and O–H groups in total. The molecule has 1 aromatic rings. The summed E-state index contributed by atoms with van der Waals surface area (Å²) < 4.78 is 16.7. The number of carbonyl (C=O) groups is 1. The van der Waals surface area contributed by atoms with E-state index in [1.165, 1.54) is 6.08 Å². The van der Waals surface area contributed by atoms with E-state index in [2.05, 4.69) is 22.5 Å². The molecule has 0 aromatic heterocycles. The van der Waals surface area contributed by atoms with Gasteiger partial charge in [-0.1, -0.05) is 22.5 Å². The van der Waals surface area contributed by atoms with Gasteiger partial charge in [0.25, 0.3) is 0 Å². The van der Waals surface area contributed by atoms with Gasteiger partial charge < -0.3 is 19.3 Å². The minimum absolute atomic E-state index is 0.145. The predicted octanol–water partition coefficient (Wildman–Crippen LogP) is 2.80. The van der Waals surface area contributed by atoms with Crippen LogP contribution in [0.4, 0.5) is 0 Å². The van der Waals surface area contributed by atoms with Crippen LogP contribution in [-0.2, 0) is 4.79 Å². The minimum Gasteiger partial charge on any atom is -0.488 e. The van der Waals surface area contributed by atoms with E-state index in [4.69, 9.17) is 19.3 Å². The molecule has 19 heavy (non-hydrogen) atoms. The Kier molecular flexibility index (Phi) is 4.11. The second-order valence-corrected chi connectivity index (χ2v) is 4.84. The van der Waals surface area contributed by atoms with Gasteiger partial charge in [0.05, 0.1) is 0 Å². The van der Waals surface area contributed by atoms with Crippen molar-refractivity contribution in [1.29, 1.82) is 0 Å². The van der Waals surface area contributed by atoms with Crippen molar-refractivity contribution in [1.82, 2.24) is 0 Å². The molecule has 100 valence electrons. The van der Waals surface area contributed by atoms with Gasteiger partial charge in [-0.2, -0.15) is 0 Å². The van der Waals surface area contributed by atoms with Crippen molar-refractivity contribution in [3.63, 3.8) is 0 Å². The third-order valence-corrected chi connectivity index (χ3v) is 2.52. The van der Waals surface area contributed by atoms with E-state index in [0.717, 1.165) is 6.08 Å². The molecule has 0 atom stereocenters. The standard InChI is InChI=1S/C13H11BrO5/c1-8(14)6-17-10-5-12-11(18-7-19-12)4-9(10)2-3-13(15)16/h2-5H,1,6-7H2,(H,15,16). The van der Waals surface area contributed by atoms with Gasteiger partial charge in [0.1, 0.15) is 12.4 Å². The number of rotatable bonds is 5. The molecule has 0 aliphatic carbocycles. The van der Waals surface area contributed by atoms with E-state index in [9.17, 15) is 4.79 Å². The molecule has 0 saturated carbocycles. The maximum Gasteiger partial charge on any atom is 0.328 e. The molecule has 0 unspecified atom stereocenters. The van der Waals surface area contributed by atoms with Crippen molar-refractivity contribution in [2.45, 2.75) is 0 Å². The number of fused-ring (bicyclic) bond motifs is 1. The van der Waals surface area contributed by atoms with Crippen LogP contribution < -0.4 is 14.2 Å². The largest absolute Gasteiger partial charge is 0.488 e. The van der Waals surface area contributed by atoms with Crippen LogP contribution in [0, 0.1) is 0 Å². The molecular formula is C13H11BrO5. The lowest BCUT2D eigenvalue weighted by Crippen LogP contribution is -1.98. The third kappa shape index (κ3) is 3.51. The van der Waals surface area contributed by atoms with Crippen molar-refractivity contribution in [2.75, 3.05) is 13.4 Å². The summed E-state index contributed by atoms with van der Waals surface area (Å²) in [6, 6.07) is 3.34. The van der Waals surface area contributed by atoms with Gasteiger partial charge in [-0.15, -0.1) is 0 Å². The lowest BCUT2D eigenvalue weighted by molar-refractivity contribution is -0.131. The average Bonchev–Trinajstić information content (AvgIpc) is 2.79. The van der Waals surface area contributed by atoms with Crippen LogP contribution in [0.5, 0.6) is 17.2 Å². The summed E-state index contributed by atoms with van der Waals surface area (Å²) in [7, 11) is 0. The number of carboxylic acid groups (broad SMARTS) is 1. The first kappa shape index (κ1) is 13.5. The second kappa shape index (κ2) is 5.79. The molecule has 0 spiro atoms. The number of ether oxygens (including phenoxy) is 3. The van der Waals surface area contributed by atoms with Crippen molar-refractivity contribution >= 4 is 28.0 Å². The zero-order valence-electron chi connectivity index (χ0n) is 9.89. The Labute approximate surface area is 118 Å². The first-order valence-corrected chi connectivity index (χ1v) is 6.16. The zero-order chi connectivity index (χ0) is 13.8. The Morgan fingerprint density at radius 1 is 1.47 bits per heavy atom. The molecule has 0 radical (unpaired) electrons. The fourth-order valence-corrected chi connectivity index (χ4v) is 1.63. The van der Waals surface area contributed by atoms with Gasteiger partial charge in [-0.05, 0) is 12.1 Å². The quantitative estimate of drug-likeness (QED) is 0.843. The van der Waals surface area contributed by atoms with Gasteiger partial charge in [-0.25, -0.2) is 4.79 Å². The lowest BCUT2D eigenvalue weighted by Gasteiger charge is -2.09. The van der Waals surface area contributed by atoms with Gasteiger partial charge in [0, 0.05) is 22.2 Å². The Morgan fingerprint density at radius 2 is 2.16 bits per heavy atom. The van der Waals surface area contributed by atoms with Gasteiger partial charge >= 0.3 is 5.97 Å². The highest BCUT2D eigenvalue weighted by Gasteiger charge is 2.17. The van der Waals surface area contributed by atoms with Crippen LogP contribution in [-0.4, -0.2) is 24.5 Å². The van der Waals surface area contributed by atoms with Crippen LogP contribution in [0.3, 0.4) is 0 Å². The van der Waals surface area contributed by atoms with Crippen molar-refractivity contribution in [3.8, 4) is 17.2 Å². The molecule has 5 nitrogen and oxygen atoms in total. The summed E-state index contributed by atoms with van der Waals surface area (Å²) in [6.45, 7) is 4.09. The molecule has 1 aliphatic rings. The topological polar surface area (TPSA) is 65.0 Å². The maximum absolute atomic E-state index is 10.6. The summed E-state index contributed by atoms with van der Waals surface area (Å²) in [5.41, 5.74) is 0.598. The SMILES string of the molecule is C=C(Br)COc1cc2c(cc1C=CC(=O)O)OCO2. The Bertz CT molecular complexity index is 550. The van der Waals surface area contributed by atoms with E-state index >= 15 is 0 Å². The van der Waals surface area contributed by atoms with Crippen LogP contribution in [0.15, 0.2) is 29.3 Å². The summed E-state index contributed by atoms with van der Waals surface area (Å²) in [5.74, 6) is 0.605. The number of hydrogen-bond acceptors (Lipinski definition) is 4. The molecule has 6 heteroatoms. The summed E-state index contributed by atoms with van der Waals surface area (Å²) in [6.07, 6.45) is 2.48. The first-order chi connectivity index (χ1) is 9.06. The van der Waals surface area contributed by atoms with Crippen molar-refractivity contribution < 1.29 is 24.1 Å². The summed E-state index contributed by atoms with van der Waals surface area (Å²) >= 11 is 3.19. The van der Waals surface area contributed by atoms with E-state index in [1.54, 1.807) is 12.1 Å². The molecule has 1 heterocycles. The Balaban J connectivity index is 2.31. The molecule has 1 aromatic carbocycles. The van der Waals surface area contributed by atoms with E-state index in [0.29, 0.717) is 27.3 Å². The maximum atomic E-state index is 10.6. The zero-order valence-corrected chi connectivity index (χ0v) is 11.5. The highest BCUT2D eigenvalue weighted by molar-refractivity contribution is 9.11. The normalized spacial score (nSPS) is 12.7. The predicted molar refractivity (Wildman–Crippen MR) is 72.8 cm³/mol. The highest BCUT2D eigenvalue weighted by atomic mass is 79.9. The molecular weight excluding hydrogens is 316 g/mol. The van der Waals surface area contributed by atoms with Gasteiger partial charge in [0.2, 0.25) is 6.79 Å². The number of halogens is 1. The first-order valence-electron chi connectivity index (χ1n) is 5.37. The fourth-order valence-electron chi connectivity index (χ4n) is 1.51.